The van der Waals surface area contributed by atoms with Gasteiger partial charge >= 0.3 is 0 Å². The third-order valence-corrected chi connectivity index (χ3v) is 9.40. The van der Waals surface area contributed by atoms with Crippen molar-refractivity contribution in [3.05, 3.63) is 169 Å². The molecule has 7 aromatic carbocycles. The minimum Gasteiger partial charge on any atom is -0.309 e. The standard InChI is InChI=1S/C44H26N4/c45-27-29-21-23-43-37(25-29)34-15-6-9-20-41(34)48(43)40-19-8-4-14-33(40)36-17-10-11-31(28-46)44(36)30-22-24-42-38(26-30)35-16-5-7-18-39(35)47(42)32-12-2-1-3-13-32/h1-26H. The Morgan fingerprint density at radius 2 is 1.02 bits per heavy atom. The highest BCUT2D eigenvalue weighted by molar-refractivity contribution is 6.12. The Bertz CT molecular complexity index is 2800. The first-order chi connectivity index (χ1) is 23.7. The number of nitrogens with zero attached hydrogens (tertiary/aromatic N) is 4. The lowest BCUT2D eigenvalue weighted by Gasteiger charge is -2.18. The van der Waals surface area contributed by atoms with Crippen LogP contribution >= 0.6 is 0 Å². The van der Waals surface area contributed by atoms with Crippen LogP contribution in [0.4, 0.5) is 0 Å². The summed E-state index contributed by atoms with van der Waals surface area (Å²) < 4.78 is 4.58. The molecule has 4 nitrogen and oxygen atoms in total. The van der Waals surface area contributed by atoms with Crippen molar-refractivity contribution in [2.45, 2.75) is 0 Å². The Labute approximate surface area is 277 Å². The predicted molar refractivity (Wildman–Crippen MR) is 195 cm³/mol. The lowest BCUT2D eigenvalue weighted by molar-refractivity contribution is 1.18. The minimum atomic E-state index is 0.620. The molecule has 48 heavy (non-hydrogen) atoms. The van der Waals surface area contributed by atoms with Gasteiger partial charge in [0.15, 0.2) is 0 Å². The molecule has 0 aliphatic heterocycles. The van der Waals surface area contributed by atoms with Gasteiger partial charge in [0.25, 0.3) is 0 Å². The van der Waals surface area contributed by atoms with E-state index >= 15 is 0 Å². The first-order valence-electron chi connectivity index (χ1n) is 15.9. The molecular formula is C44H26N4. The van der Waals surface area contributed by atoms with Gasteiger partial charge in [0.2, 0.25) is 0 Å². The normalized spacial score (nSPS) is 11.3. The summed E-state index contributed by atoms with van der Waals surface area (Å²) in [6.45, 7) is 0. The third-order valence-electron chi connectivity index (χ3n) is 9.40. The van der Waals surface area contributed by atoms with Crippen LogP contribution in [0.2, 0.25) is 0 Å². The molecule has 0 atom stereocenters. The van der Waals surface area contributed by atoms with E-state index in [0.29, 0.717) is 11.1 Å². The van der Waals surface area contributed by atoms with E-state index in [9.17, 15) is 10.5 Å². The first kappa shape index (κ1) is 27.4. The smallest absolute Gasteiger partial charge is 0.0998 e. The SMILES string of the molecule is N#Cc1ccc2c(c1)c1ccccc1n2-c1ccccc1-c1cccc(C#N)c1-c1ccc2c(c1)c1ccccc1n2-c1ccccc1. The number of nitriles is 2. The summed E-state index contributed by atoms with van der Waals surface area (Å²) in [5, 5.41) is 24.6. The van der Waals surface area contributed by atoms with Crippen LogP contribution in [0.25, 0.3) is 77.2 Å². The lowest BCUT2D eigenvalue weighted by Crippen LogP contribution is -1.99. The van der Waals surface area contributed by atoms with Crippen LogP contribution in [0.15, 0.2) is 158 Å². The zero-order valence-corrected chi connectivity index (χ0v) is 25.8. The van der Waals surface area contributed by atoms with Crippen molar-refractivity contribution in [1.29, 1.82) is 10.5 Å². The van der Waals surface area contributed by atoms with Gasteiger partial charge < -0.3 is 9.13 Å². The topological polar surface area (TPSA) is 57.4 Å². The Morgan fingerprint density at radius 1 is 0.417 bits per heavy atom. The van der Waals surface area contributed by atoms with E-state index in [-0.39, 0.29) is 0 Å². The number of hydrogen-bond donors (Lipinski definition) is 0. The Balaban J connectivity index is 1.32. The van der Waals surface area contributed by atoms with Gasteiger partial charge in [0.1, 0.15) is 0 Å². The first-order valence-corrected chi connectivity index (χ1v) is 15.9. The van der Waals surface area contributed by atoms with Gasteiger partial charge in [0, 0.05) is 38.4 Å². The number of benzene rings is 7. The van der Waals surface area contributed by atoms with E-state index in [0.717, 1.165) is 77.2 Å². The second kappa shape index (κ2) is 10.9. The molecule has 0 unspecified atom stereocenters. The molecule has 4 heteroatoms. The summed E-state index contributed by atoms with van der Waals surface area (Å²) in [7, 11) is 0. The molecule has 0 spiro atoms. The van der Waals surface area contributed by atoms with Crippen LogP contribution in [-0.2, 0) is 0 Å². The van der Waals surface area contributed by atoms with Crippen molar-refractivity contribution < 1.29 is 0 Å². The van der Waals surface area contributed by atoms with Crippen molar-refractivity contribution in [3.63, 3.8) is 0 Å². The molecule has 9 aromatic rings. The maximum Gasteiger partial charge on any atom is 0.0998 e. The number of fused-ring (bicyclic) bond motifs is 6. The van der Waals surface area contributed by atoms with Crippen LogP contribution in [0.1, 0.15) is 11.1 Å². The molecule has 0 aliphatic carbocycles. The van der Waals surface area contributed by atoms with E-state index < -0.39 is 0 Å². The fourth-order valence-corrected chi connectivity index (χ4v) is 7.36. The Kier molecular flexibility index (Phi) is 6.22. The van der Waals surface area contributed by atoms with Crippen LogP contribution in [0.3, 0.4) is 0 Å². The summed E-state index contributed by atoms with van der Waals surface area (Å²) in [6.07, 6.45) is 0. The molecule has 0 fully saturated rings. The molecular weight excluding hydrogens is 585 g/mol. The highest BCUT2D eigenvalue weighted by Crippen LogP contribution is 2.42. The fraction of sp³-hybridized carbons (Fsp3) is 0. The molecule has 0 radical (unpaired) electrons. The van der Waals surface area contributed by atoms with Gasteiger partial charge in [-0.05, 0) is 77.9 Å². The largest absolute Gasteiger partial charge is 0.309 e. The Hall–Kier alpha value is -6.88. The number of rotatable bonds is 4. The van der Waals surface area contributed by atoms with E-state index in [4.69, 9.17) is 0 Å². The van der Waals surface area contributed by atoms with E-state index in [1.807, 2.05) is 48.5 Å². The fourth-order valence-electron chi connectivity index (χ4n) is 7.36. The number of hydrogen-bond acceptors (Lipinski definition) is 2. The quantitative estimate of drug-likeness (QED) is 0.199. The highest BCUT2D eigenvalue weighted by atomic mass is 15.0. The van der Waals surface area contributed by atoms with Crippen molar-refractivity contribution >= 4 is 43.6 Å². The lowest BCUT2D eigenvalue weighted by atomic mass is 9.89. The molecule has 2 aromatic heterocycles. The summed E-state index contributed by atoms with van der Waals surface area (Å²) in [6, 6.07) is 58.9. The maximum atomic E-state index is 10.5. The third kappa shape index (κ3) is 4.07. The molecule has 0 amide bonds. The average molecular weight is 611 g/mol. The number of para-hydroxylation sites is 4. The predicted octanol–water partition coefficient (Wildman–Crippen LogP) is 11.0. The second-order valence-electron chi connectivity index (χ2n) is 12.0. The molecule has 0 N–H and O–H groups in total. The molecule has 0 bridgehead atoms. The van der Waals surface area contributed by atoms with Crippen molar-refractivity contribution in [2.24, 2.45) is 0 Å². The van der Waals surface area contributed by atoms with Gasteiger partial charge in [-0.15, -0.1) is 0 Å². The average Bonchev–Trinajstić information content (AvgIpc) is 3.67. The molecule has 9 rings (SSSR count). The van der Waals surface area contributed by atoms with Gasteiger partial charge in [-0.25, -0.2) is 0 Å². The van der Waals surface area contributed by atoms with Gasteiger partial charge in [-0.3, -0.25) is 0 Å². The van der Waals surface area contributed by atoms with E-state index in [1.54, 1.807) is 0 Å². The molecule has 0 aliphatic rings. The van der Waals surface area contributed by atoms with Gasteiger partial charge in [-0.2, -0.15) is 10.5 Å². The van der Waals surface area contributed by atoms with Gasteiger partial charge in [0.05, 0.1) is 51.0 Å². The van der Waals surface area contributed by atoms with Crippen LogP contribution in [0.5, 0.6) is 0 Å². The summed E-state index contributed by atoms with van der Waals surface area (Å²) in [5.74, 6) is 0. The molecule has 0 saturated heterocycles. The van der Waals surface area contributed by atoms with Gasteiger partial charge in [-0.1, -0.05) is 91.0 Å². The molecule has 0 saturated carbocycles. The monoisotopic (exact) mass is 610 g/mol. The summed E-state index contributed by atoms with van der Waals surface area (Å²) in [5.41, 5.74) is 11.6. The zero-order chi connectivity index (χ0) is 32.2. The van der Waals surface area contributed by atoms with Crippen molar-refractivity contribution in [3.8, 4) is 45.8 Å². The van der Waals surface area contributed by atoms with Crippen LogP contribution < -0.4 is 0 Å². The second-order valence-corrected chi connectivity index (χ2v) is 12.0. The van der Waals surface area contributed by atoms with E-state index in [1.165, 1.54) is 0 Å². The minimum absolute atomic E-state index is 0.620. The highest BCUT2D eigenvalue weighted by Gasteiger charge is 2.21. The summed E-state index contributed by atoms with van der Waals surface area (Å²) in [4.78, 5) is 0. The van der Waals surface area contributed by atoms with Crippen LogP contribution in [0, 0.1) is 22.7 Å². The van der Waals surface area contributed by atoms with Crippen molar-refractivity contribution in [2.75, 3.05) is 0 Å². The zero-order valence-electron chi connectivity index (χ0n) is 25.8. The van der Waals surface area contributed by atoms with Crippen molar-refractivity contribution in [1.82, 2.24) is 9.13 Å². The summed E-state index contributed by atoms with van der Waals surface area (Å²) >= 11 is 0. The number of aromatic nitrogens is 2. The maximum absolute atomic E-state index is 10.5. The molecule has 2 heterocycles. The Morgan fingerprint density at radius 3 is 1.79 bits per heavy atom. The molecule has 222 valence electrons. The van der Waals surface area contributed by atoms with Crippen LogP contribution in [-0.4, -0.2) is 9.13 Å². The van der Waals surface area contributed by atoms with E-state index in [2.05, 4.69) is 130 Å².